The van der Waals surface area contributed by atoms with Gasteiger partial charge in [-0.3, -0.25) is 4.79 Å². The second-order valence-electron chi connectivity index (χ2n) is 8.90. The average molecular weight is 402 g/mol. The lowest BCUT2D eigenvalue weighted by molar-refractivity contribution is -0.152. The SMILES string of the molecule is COc1ccc(NC(=O)C23C[C@H]4C[C@@H](C2)CC(n2nnc(C)n2)(C4)C3)cc1Cl. The molecule has 4 bridgehead atoms. The summed E-state index contributed by atoms with van der Waals surface area (Å²) in [6.07, 6.45) is 5.95. The number of nitrogens with one attached hydrogen (secondary N) is 1. The summed E-state index contributed by atoms with van der Waals surface area (Å²) in [4.78, 5) is 15.3. The predicted octanol–water partition coefficient (Wildman–Crippen LogP) is 3.58. The molecule has 1 aromatic carbocycles. The van der Waals surface area contributed by atoms with Crippen molar-refractivity contribution < 1.29 is 9.53 Å². The van der Waals surface area contributed by atoms with Crippen molar-refractivity contribution in [3.8, 4) is 5.75 Å². The Balaban J connectivity index is 1.44. The molecule has 0 spiro atoms. The van der Waals surface area contributed by atoms with Gasteiger partial charge in [0.05, 0.1) is 23.1 Å². The number of hydrogen-bond acceptors (Lipinski definition) is 5. The smallest absolute Gasteiger partial charge is 0.230 e. The van der Waals surface area contributed by atoms with Crippen molar-refractivity contribution in [1.82, 2.24) is 20.2 Å². The zero-order chi connectivity index (χ0) is 19.5. The van der Waals surface area contributed by atoms with Gasteiger partial charge >= 0.3 is 0 Å². The summed E-state index contributed by atoms with van der Waals surface area (Å²) in [5.74, 6) is 2.45. The van der Waals surface area contributed by atoms with Crippen LogP contribution in [0.4, 0.5) is 5.69 Å². The Morgan fingerprint density at radius 3 is 2.64 bits per heavy atom. The molecule has 0 saturated heterocycles. The van der Waals surface area contributed by atoms with Crippen molar-refractivity contribution in [2.45, 2.75) is 51.0 Å². The number of tetrazole rings is 1. The second-order valence-corrected chi connectivity index (χ2v) is 9.30. The molecular formula is C20H24ClN5O2. The van der Waals surface area contributed by atoms with Crippen LogP contribution in [0.2, 0.25) is 5.02 Å². The van der Waals surface area contributed by atoms with Crippen molar-refractivity contribution in [1.29, 1.82) is 0 Å². The molecule has 2 unspecified atom stereocenters. The van der Waals surface area contributed by atoms with Crippen LogP contribution in [0.3, 0.4) is 0 Å². The highest BCUT2D eigenvalue weighted by Gasteiger charge is 2.62. The maximum Gasteiger partial charge on any atom is 0.230 e. The first-order valence-electron chi connectivity index (χ1n) is 9.84. The molecule has 0 aliphatic heterocycles. The van der Waals surface area contributed by atoms with E-state index in [0.29, 0.717) is 34.1 Å². The number of ether oxygens (including phenoxy) is 1. The van der Waals surface area contributed by atoms with Crippen molar-refractivity contribution >= 4 is 23.2 Å². The Bertz CT molecular complexity index is 928. The topological polar surface area (TPSA) is 81.9 Å². The van der Waals surface area contributed by atoms with Crippen molar-refractivity contribution in [3.05, 3.63) is 29.0 Å². The molecule has 6 rings (SSSR count). The molecular weight excluding hydrogens is 378 g/mol. The molecule has 7 nitrogen and oxygen atoms in total. The van der Waals surface area contributed by atoms with E-state index in [2.05, 4.69) is 20.7 Å². The quantitative estimate of drug-likeness (QED) is 0.846. The highest BCUT2D eigenvalue weighted by molar-refractivity contribution is 6.32. The van der Waals surface area contributed by atoms with E-state index >= 15 is 0 Å². The number of rotatable bonds is 4. The van der Waals surface area contributed by atoms with E-state index in [1.165, 1.54) is 6.42 Å². The molecule has 0 radical (unpaired) electrons. The first-order chi connectivity index (χ1) is 13.4. The summed E-state index contributed by atoms with van der Waals surface area (Å²) in [5.41, 5.74) is 0.147. The van der Waals surface area contributed by atoms with Crippen LogP contribution in [-0.2, 0) is 10.3 Å². The minimum absolute atomic E-state index is 0.0871. The van der Waals surface area contributed by atoms with Gasteiger partial charge in [0.2, 0.25) is 5.91 Å². The highest BCUT2D eigenvalue weighted by Crippen LogP contribution is 2.64. The highest BCUT2D eigenvalue weighted by atomic mass is 35.5. The molecule has 1 N–H and O–H groups in total. The summed E-state index contributed by atoms with van der Waals surface area (Å²) in [6.45, 7) is 1.86. The molecule has 2 aromatic rings. The van der Waals surface area contributed by atoms with Crippen LogP contribution in [0.15, 0.2) is 18.2 Å². The molecule has 4 aliphatic rings. The Morgan fingerprint density at radius 1 is 1.29 bits per heavy atom. The van der Waals surface area contributed by atoms with Crippen LogP contribution >= 0.6 is 11.6 Å². The van der Waals surface area contributed by atoms with Gasteiger partial charge in [0.15, 0.2) is 5.82 Å². The molecule has 1 amide bonds. The lowest BCUT2D eigenvalue weighted by atomic mass is 9.46. The number of aromatic nitrogens is 4. The average Bonchev–Trinajstić information content (AvgIpc) is 3.08. The first kappa shape index (κ1) is 17.9. The third-order valence-electron chi connectivity index (χ3n) is 6.86. The largest absolute Gasteiger partial charge is 0.495 e. The molecule has 1 aromatic heterocycles. The van der Waals surface area contributed by atoms with E-state index in [0.717, 1.165) is 32.1 Å². The number of amides is 1. The number of carbonyl (C=O) groups excluding carboxylic acids is 1. The van der Waals surface area contributed by atoms with E-state index in [4.69, 9.17) is 16.3 Å². The second kappa shape index (κ2) is 6.17. The van der Waals surface area contributed by atoms with E-state index in [9.17, 15) is 4.79 Å². The third kappa shape index (κ3) is 2.70. The Kier molecular flexibility index (Phi) is 3.95. The Labute approximate surface area is 168 Å². The Hall–Kier alpha value is -2.15. The minimum Gasteiger partial charge on any atom is -0.495 e. The van der Waals surface area contributed by atoms with Gasteiger partial charge in [0.1, 0.15) is 5.75 Å². The van der Waals surface area contributed by atoms with Crippen LogP contribution in [0.25, 0.3) is 0 Å². The minimum atomic E-state index is -0.377. The summed E-state index contributed by atoms with van der Waals surface area (Å²) in [6, 6.07) is 5.36. The van der Waals surface area contributed by atoms with Crippen molar-refractivity contribution in [3.63, 3.8) is 0 Å². The standard InChI is InChI=1S/C20H24ClN5O2/c1-12-23-25-26(24-12)20-9-13-5-14(10-20)8-19(7-13,11-20)18(27)22-15-3-4-17(28-2)16(21)6-15/h3-4,6,13-14H,5,7-11H2,1-2H3,(H,22,27)/t13-,14+,19?,20?. The number of nitrogens with zero attached hydrogens (tertiary/aromatic N) is 4. The van der Waals surface area contributed by atoms with Gasteiger partial charge < -0.3 is 10.1 Å². The van der Waals surface area contributed by atoms with E-state index in [1.807, 2.05) is 17.8 Å². The molecule has 148 valence electrons. The summed E-state index contributed by atoms with van der Waals surface area (Å²) < 4.78 is 5.20. The lowest BCUT2D eigenvalue weighted by Gasteiger charge is -2.60. The van der Waals surface area contributed by atoms with Crippen molar-refractivity contribution in [2.75, 3.05) is 12.4 Å². The summed E-state index contributed by atoms with van der Waals surface area (Å²) in [7, 11) is 1.58. The number of carbonyl (C=O) groups is 1. The predicted molar refractivity (Wildman–Crippen MR) is 104 cm³/mol. The fraction of sp³-hybridized carbons (Fsp3) is 0.600. The van der Waals surface area contributed by atoms with Gasteiger partial charge in [-0.05, 0) is 80.7 Å². The van der Waals surface area contributed by atoms with Crippen LogP contribution in [0, 0.1) is 24.2 Å². The number of hydrogen-bond donors (Lipinski definition) is 1. The van der Waals surface area contributed by atoms with Crippen LogP contribution in [0.1, 0.15) is 44.3 Å². The number of halogens is 1. The van der Waals surface area contributed by atoms with Crippen LogP contribution < -0.4 is 10.1 Å². The molecule has 4 aliphatic carbocycles. The van der Waals surface area contributed by atoms with E-state index < -0.39 is 0 Å². The first-order valence-corrected chi connectivity index (χ1v) is 10.2. The summed E-state index contributed by atoms with van der Waals surface area (Å²) in [5, 5.41) is 16.6. The third-order valence-corrected chi connectivity index (χ3v) is 7.15. The maximum atomic E-state index is 13.5. The monoisotopic (exact) mass is 401 g/mol. The maximum absolute atomic E-state index is 13.5. The van der Waals surface area contributed by atoms with Gasteiger partial charge in [-0.2, -0.15) is 4.80 Å². The van der Waals surface area contributed by atoms with Gasteiger partial charge in [-0.1, -0.05) is 11.6 Å². The van der Waals surface area contributed by atoms with E-state index in [1.54, 1.807) is 19.2 Å². The lowest BCUT2D eigenvalue weighted by Crippen LogP contribution is -2.60. The van der Waals surface area contributed by atoms with Gasteiger partial charge in [-0.25, -0.2) is 0 Å². The van der Waals surface area contributed by atoms with Gasteiger partial charge in [-0.15, -0.1) is 10.2 Å². The van der Waals surface area contributed by atoms with Crippen LogP contribution in [-0.4, -0.2) is 33.2 Å². The fourth-order valence-electron chi connectivity index (χ4n) is 6.21. The fourth-order valence-corrected chi connectivity index (χ4v) is 6.46. The number of methoxy groups -OCH3 is 1. The molecule has 1 heterocycles. The molecule has 28 heavy (non-hydrogen) atoms. The zero-order valence-corrected chi connectivity index (χ0v) is 16.9. The molecule has 4 saturated carbocycles. The number of benzene rings is 1. The van der Waals surface area contributed by atoms with Crippen LogP contribution in [0.5, 0.6) is 5.75 Å². The Morgan fingerprint density at radius 2 is 2.04 bits per heavy atom. The zero-order valence-electron chi connectivity index (χ0n) is 16.1. The van der Waals surface area contributed by atoms with Gasteiger partial charge in [0.25, 0.3) is 0 Å². The molecule has 8 heteroatoms. The molecule has 4 fully saturated rings. The number of anilines is 1. The van der Waals surface area contributed by atoms with Crippen molar-refractivity contribution in [2.24, 2.45) is 17.3 Å². The molecule has 4 atom stereocenters. The summed E-state index contributed by atoms with van der Waals surface area (Å²) >= 11 is 6.23. The normalized spacial score (nSPS) is 33.1. The van der Waals surface area contributed by atoms with E-state index in [-0.39, 0.29) is 16.9 Å². The van der Waals surface area contributed by atoms with Gasteiger partial charge in [0, 0.05) is 5.69 Å². The number of aryl methyl sites for hydroxylation is 1.